The molecule has 2 N–H and O–H groups in total. The Morgan fingerprint density at radius 2 is 1.89 bits per heavy atom. The molecule has 7 heteroatoms. The third-order valence-corrected chi connectivity index (χ3v) is 5.38. The predicted octanol–water partition coefficient (Wildman–Crippen LogP) is 2.48. The van der Waals surface area contributed by atoms with E-state index >= 15 is 0 Å². The van der Waals surface area contributed by atoms with Crippen molar-refractivity contribution in [1.29, 1.82) is 0 Å². The number of nitrogens with zero attached hydrogens (tertiary/aromatic N) is 1. The Morgan fingerprint density at radius 3 is 2.56 bits per heavy atom. The van der Waals surface area contributed by atoms with Crippen LogP contribution in [0.2, 0.25) is 0 Å². The fourth-order valence-electron chi connectivity index (χ4n) is 3.86. The van der Waals surface area contributed by atoms with E-state index in [0.29, 0.717) is 24.3 Å². The number of rotatable bonds is 5. The molecule has 2 amide bonds. The van der Waals surface area contributed by atoms with Gasteiger partial charge in [-0.1, -0.05) is 37.8 Å². The number of benzene rings is 1. The van der Waals surface area contributed by atoms with E-state index < -0.39 is 17.6 Å². The molecule has 3 rings (SSSR count). The number of anilines is 1. The van der Waals surface area contributed by atoms with Crippen LogP contribution in [0.3, 0.4) is 0 Å². The largest absolute Gasteiger partial charge is 0.480 e. The van der Waals surface area contributed by atoms with Crippen molar-refractivity contribution in [3.63, 3.8) is 0 Å². The number of fused-ring (bicyclic) bond motifs is 1. The van der Waals surface area contributed by atoms with Crippen LogP contribution in [0.25, 0.3) is 0 Å². The van der Waals surface area contributed by atoms with Gasteiger partial charge in [-0.25, -0.2) is 4.79 Å². The van der Waals surface area contributed by atoms with Crippen molar-refractivity contribution in [3.05, 3.63) is 24.3 Å². The van der Waals surface area contributed by atoms with Gasteiger partial charge >= 0.3 is 5.97 Å². The van der Waals surface area contributed by atoms with Gasteiger partial charge in [-0.05, 0) is 31.9 Å². The van der Waals surface area contributed by atoms with Gasteiger partial charge in [0.05, 0.1) is 5.69 Å². The number of ether oxygens (including phenoxy) is 1. The zero-order valence-corrected chi connectivity index (χ0v) is 15.6. The molecule has 1 aromatic rings. The smallest absolute Gasteiger partial charge is 0.329 e. The maximum absolute atomic E-state index is 12.5. The first-order valence-corrected chi connectivity index (χ1v) is 9.54. The summed E-state index contributed by atoms with van der Waals surface area (Å²) in [7, 11) is 0. The van der Waals surface area contributed by atoms with Crippen LogP contribution in [-0.2, 0) is 14.4 Å². The fourth-order valence-corrected chi connectivity index (χ4v) is 3.86. The van der Waals surface area contributed by atoms with Crippen LogP contribution >= 0.6 is 0 Å². The molecule has 1 fully saturated rings. The number of carboxylic acids is 1. The second-order valence-corrected chi connectivity index (χ2v) is 7.32. The van der Waals surface area contributed by atoms with Crippen LogP contribution in [0.15, 0.2) is 24.3 Å². The quantitative estimate of drug-likeness (QED) is 0.772. The van der Waals surface area contributed by atoms with E-state index in [1.54, 1.807) is 24.0 Å². The summed E-state index contributed by atoms with van der Waals surface area (Å²) in [6.45, 7) is 1.86. The highest BCUT2D eigenvalue weighted by Gasteiger charge is 2.40. The minimum atomic E-state index is -1.19. The molecule has 0 bridgehead atoms. The lowest BCUT2D eigenvalue weighted by molar-refractivity contribution is -0.148. The first-order chi connectivity index (χ1) is 12.9. The number of hydrogen-bond donors (Lipinski definition) is 2. The lowest BCUT2D eigenvalue weighted by Gasteiger charge is -2.33. The summed E-state index contributed by atoms with van der Waals surface area (Å²) in [5.74, 6) is -0.914. The standard InChI is InChI=1S/C20H26N2O5/c1-14-18(24)22(15-8-4-5-9-16(15)27-14)13-10-17(23)21-20(19(25)26)11-6-2-3-7-12-20/h4-5,8-9,14H,2-3,6-7,10-13H2,1H3,(H,21,23)(H,25,26). The van der Waals surface area contributed by atoms with E-state index in [0.717, 1.165) is 25.7 Å². The van der Waals surface area contributed by atoms with Crippen molar-refractivity contribution in [2.75, 3.05) is 11.4 Å². The second kappa shape index (κ2) is 7.98. The first kappa shape index (κ1) is 19.2. The van der Waals surface area contributed by atoms with Crippen molar-refractivity contribution in [3.8, 4) is 5.75 Å². The molecule has 1 atom stereocenters. The number of aliphatic carboxylic acids is 1. The summed E-state index contributed by atoms with van der Waals surface area (Å²) in [5, 5.41) is 12.4. The number of para-hydroxylation sites is 2. The molecule has 1 saturated carbocycles. The van der Waals surface area contributed by atoms with E-state index in [4.69, 9.17) is 4.74 Å². The molecule has 1 unspecified atom stereocenters. The summed E-state index contributed by atoms with van der Waals surface area (Å²) in [6, 6.07) is 7.20. The monoisotopic (exact) mass is 374 g/mol. The topological polar surface area (TPSA) is 95.9 Å². The van der Waals surface area contributed by atoms with Gasteiger partial charge in [0.25, 0.3) is 5.91 Å². The van der Waals surface area contributed by atoms with Crippen LogP contribution in [-0.4, -0.2) is 41.1 Å². The molecule has 0 saturated heterocycles. The molecule has 1 aromatic carbocycles. The average Bonchev–Trinajstić information content (AvgIpc) is 2.88. The summed E-state index contributed by atoms with van der Waals surface area (Å²) >= 11 is 0. The molecule has 0 spiro atoms. The van der Waals surface area contributed by atoms with Gasteiger partial charge in [0.15, 0.2) is 6.10 Å². The number of amides is 2. The van der Waals surface area contributed by atoms with E-state index in [1.807, 2.05) is 12.1 Å². The molecule has 0 aromatic heterocycles. The summed E-state index contributed by atoms with van der Waals surface area (Å²) in [6.07, 6.45) is 3.88. The Morgan fingerprint density at radius 1 is 1.22 bits per heavy atom. The lowest BCUT2D eigenvalue weighted by atomic mass is 9.90. The number of hydrogen-bond acceptors (Lipinski definition) is 4. The van der Waals surface area contributed by atoms with Crippen LogP contribution in [0.1, 0.15) is 51.9 Å². The van der Waals surface area contributed by atoms with Crippen molar-refractivity contribution in [2.24, 2.45) is 0 Å². The summed E-state index contributed by atoms with van der Waals surface area (Å²) < 4.78 is 5.59. The number of carbonyl (C=O) groups is 3. The normalized spacial score (nSPS) is 21.6. The van der Waals surface area contributed by atoms with Crippen LogP contribution in [0, 0.1) is 0 Å². The Bertz CT molecular complexity index is 725. The van der Waals surface area contributed by atoms with Gasteiger partial charge in [0.2, 0.25) is 5.91 Å². The zero-order chi connectivity index (χ0) is 19.4. The van der Waals surface area contributed by atoms with Gasteiger partial charge in [-0.3, -0.25) is 9.59 Å². The first-order valence-electron chi connectivity index (χ1n) is 9.54. The number of carbonyl (C=O) groups excluding carboxylic acids is 2. The van der Waals surface area contributed by atoms with E-state index in [2.05, 4.69) is 5.32 Å². The minimum Gasteiger partial charge on any atom is -0.480 e. The SMILES string of the molecule is CC1Oc2ccccc2N(CCC(=O)NC2(C(=O)O)CCCCCC2)C1=O. The lowest BCUT2D eigenvalue weighted by Crippen LogP contribution is -2.55. The average molecular weight is 374 g/mol. The van der Waals surface area contributed by atoms with Crippen molar-refractivity contribution in [2.45, 2.75) is 63.5 Å². The van der Waals surface area contributed by atoms with Gasteiger partial charge in [0, 0.05) is 13.0 Å². The molecule has 1 heterocycles. The third-order valence-electron chi connectivity index (χ3n) is 5.38. The Balaban J connectivity index is 1.68. The summed E-state index contributed by atoms with van der Waals surface area (Å²) in [5.41, 5.74) is -0.552. The molecule has 27 heavy (non-hydrogen) atoms. The van der Waals surface area contributed by atoms with Gasteiger partial charge in [0.1, 0.15) is 11.3 Å². The molecular weight excluding hydrogens is 348 g/mol. The van der Waals surface area contributed by atoms with E-state index in [-0.39, 0.29) is 24.8 Å². The van der Waals surface area contributed by atoms with E-state index in [1.165, 1.54) is 0 Å². The summed E-state index contributed by atoms with van der Waals surface area (Å²) in [4.78, 5) is 38.4. The zero-order valence-electron chi connectivity index (χ0n) is 15.6. The van der Waals surface area contributed by atoms with Crippen molar-refractivity contribution < 1.29 is 24.2 Å². The minimum absolute atomic E-state index is 0.0435. The van der Waals surface area contributed by atoms with Gasteiger partial charge < -0.3 is 20.1 Å². The third kappa shape index (κ3) is 4.07. The number of nitrogens with one attached hydrogen (secondary N) is 1. The predicted molar refractivity (Wildman–Crippen MR) is 99.7 cm³/mol. The Hall–Kier alpha value is -2.57. The van der Waals surface area contributed by atoms with Crippen LogP contribution < -0.4 is 15.0 Å². The second-order valence-electron chi connectivity index (χ2n) is 7.32. The number of carboxylic acid groups (broad SMARTS) is 1. The highest BCUT2D eigenvalue weighted by molar-refractivity contribution is 6.00. The highest BCUT2D eigenvalue weighted by Crippen LogP contribution is 2.33. The van der Waals surface area contributed by atoms with Gasteiger partial charge in [-0.15, -0.1) is 0 Å². The highest BCUT2D eigenvalue weighted by atomic mass is 16.5. The molecule has 7 nitrogen and oxygen atoms in total. The van der Waals surface area contributed by atoms with E-state index in [9.17, 15) is 19.5 Å². The molecule has 146 valence electrons. The maximum atomic E-state index is 12.5. The Labute approximate surface area is 158 Å². The van der Waals surface area contributed by atoms with Crippen molar-refractivity contribution in [1.82, 2.24) is 5.32 Å². The molecule has 0 radical (unpaired) electrons. The van der Waals surface area contributed by atoms with Crippen LogP contribution in [0.5, 0.6) is 5.75 Å². The molecule has 2 aliphatic rings. The molecule has 1 aliphatic heterocycles. The Kier molecular flexibility index (Phi) is 5.68. The molecule has 1 aliphatic carbocycles. The molecular formula is C20H26N2O5. The fraction of sp³-hybridized carbons (Fsp3) is 0.550. The maximum Gasteiger partial charge on any atom is 0.329 e. The van der Waals surface area contributed by atoms with Gasteiger partial charge in [-0.2, -0.15) is 0 Å². The van der Waals surface area contributed by atoms with Crippen LogP contribution in [0.4, 0.5) is 5.69 Å². The van der Waals surface area contributed by atoms with Crippen molar-refractivity contribution >= 4 is 23.5 Å².